The molecule has 9 heteroatoms. The summed E-state index contributed by atoms with van der Waals surface area (Å²) in [6.07, 6.45) is 0.540. The summed E-state index contributed by atoms with van der Waals surface area (Å²) in [4.78, 5) is 13.6. The minimum atomic E-state index is -4.11. The summed E-state index contributed by atoms with van der Waals surface area (Å²) in [5, 5.41) is 9.28. The van der Waals surface area contributed by atoms with Crippen LogP contribution in [0, 0.1) is 11.3 Å². The van der Waals surface area contributed by atoms with Crippen LogP contribution in [-0.4, -0.2) is 40.8 Å². The topological polar surface area (TPSA) is 99.5 Å². The summed E-state index contributed by atoms with van der Waals surface area (Å²) < 4.78 is 47.8. The number of hydrogen-bond acceptors (Lipinski definition) is 6. The van der Waals surface area contributed by atoms with Gasteiger partial charge in [-0.25, -0.2) is 17.6 Å². The maximum atomic E-state index is 14.0. The Bertz CT molecular complexity index is 1130. The number of esters is 1. The Balaban J connectivity index is 2.05. The van der Waals surface area contributed by atoms with Gasteiger partial charge in [0.2, 0.25) is 0 Å². The molecule has 0 aromatic heterocycles. The zero-order chi connectivity index (χ0) is 22.6. The lowest BCUT2D eigenvalue weighted by Gasteiger charge is -2.32. The molecule has 2 aromatic rings. The van der Waals surface area contributed by atoms with Crippen LogP contribution in [0.3, 0.4) is 0 Å². The van der Waals surface area contributed by atoms with Crippen molar-refractivity contribution in [3.63, 3.8) is 0 Å². The molecule has 1 heterocycles. The third kappa shape index (κ3) is 4.97. The van der Waals surface area contributed by atoms with E-state index in [1.165, 1.54) is 25.3 Å². The van der Waals surface area contributed by atoms with E-state index in [1.54, 1.807) is 23.1 Å². The van der Waals surface area contributed by atoms with Gasteiger partial charge in [-0.3, -0.25) is 4.72 Å². The van der Waals surface area contributed by atoms with E-state index in [9.17, 15) is 22.9 Å². The molecule has 0 amide bonds. The molecule has 0 spiro atoms. The SMILES string of the molecule is CCc1ccc(C(=O)OC)cc1S(=O)(=O)Nc1cc(C#N)ccc1N1CCC[C@@H](F)C1. The quantitative estimate of drug-likeness (QED) is 0.682. The molecule has 3 rings (SSSR count). The third-order valence-corrected chi connectivity index (χ3v) is 6.68. The fourth-order valence-electron chi connectivity index (χ4n) is 3.65. The minimum absolute atomic E-state index is 0.0479. The molecule has 7 nitrogen and oxygen atoms in total. The van der Waals surface area contributed by atoms with Crippen molar-refractivity contribution < 1.29 is 22.3 Å². The molecule has 2 aromatic carbocycles. The molecule has 1 atom stereocenters. The van der Waals surface area contributed by atoms with Crippen molar-refractivity contribution in [2.45, 2.75) is 37.3 Å². The van der Waals surface area contributed by atoms with Crippen molar-refractivity contribution >= 4 is 27.4 Å². The monoisotopic (exact) mass is 445 g/mol. The second-order valence-electron chi connectivity index (χ2n) is 7.30. The number of benzene rings is 2. The number of carbonyl (C=O) groups excluding carboxylic acids is 1. The average molecular weight is 446 g/mol. The molecule has 0 bridgehead atoms. The van der Waals surface area contributed by atoms with Crippen LogP contribution in [0.2, 0.25) is 0 Å². The summed E-state index contributed by atoms with van der Waals surface area (Å²) in [7, 11) is -2.89. The van der Waals surface area contributed by atoms with E-state index in [4.69, 9.17) is 4.74 Å². The highest BCUT2D eigenvalue weighted by Gasteiger charge is 2.25. The number of hydrogen-bond donors (Lipinski definition) is 1. The molecule has 1 aliphatic heterocycles. The summed E-state index contributed by atoms with van der Waals surface area (Å²) in [5.74, 6) is -0.645. The van der Waals surface area contributed by atoms with Gasteiger partial charge in [0.25, 0.3) is 10.0 Å². The lowest BCUT2D eigenvalue weighted by atomic mass is 10.1. The molecule has 1 fully saturated rings. The normalized spacial score (nSPS) is 16.5. The summed E-state index contributed by atoms with van der Waals surface area (Å²) in [5.41, 5.74) is 1.61. The van der Waals surface area contributed by atoms with Crippen molar-refractivity contribution in [3.8, 4) is 6.07 Å². The molecule has 0 aliphatic carbocycles. The Morgan fingerprint density at radius 3 is 2.74 bits per heavy atom. The van der Waals surface area contributed by atoms with Crippen LogP contribution in [0.5, 0.6) is 0 Å². The van der Waals surface area contributed by atoms with E-state index in [-0.39, 0.29) is 28.3 Å². The largest absolute Gasteiger partial charge is 0.465 e. The number of ether oxygens (including phenoxy) is 1. The number of carbonyl (C=O) groups is 1. The van der Waals surface area contributed by atoms with Gasteiger partial charge in [-0.1, -0.05) is 13.0 Å². The predicted molar refractivity (Wildman–Crippen MR) is 115 cm³/mol. The van der Waals surface area contributed by atoms with Crippen molar-refractivity contribution in [1.29, 1.82) is 5.26 Å². The summed E-state index contributed by atoms with van der Waals surface area (Å²) in [6.45, 7) is 2.54. The van der Waals surface area contributed by atoms with Gasteiger partial charge in [0.15, 0.2) is 0 Å². The lowest BCUT2D eigenvalue weighted by molar-refractivity contribution is 0.0600. The first kappa shape index (κ1) is 22.6. The zero-order valence-electron chi connectivity index (χ0n) is 17.4. The van der Waals surface area contributed by atoms with Gasteiger partial charge in [0.1, 0.15) is 6.17 Å². The number of nitrogens with zero attached hydrogens (tertiary/aromatic N) is 2. The summed E-state index contributed by atoms with van der Waals surface area (Å²) in [6, 6.07) is 11.0. The van der Waals surface area contributed by atoms with Crippen molar-refractivity contribution in [1.82, 2.24) is 0 Å². The first-order chi connectivity index (χ1) is 14.8. The number of alkyl halides is 1. The number of rotatable bonds is 6. The van der Waals surface area contributed by atoms with Crippen LogP contribution in [0.25, 0.3) is 0 Å². The fourth-order valence-corrected chi connectivity index (χ4v) is 5.05. The van der Waals surface area contributed by atoms with E-state index < -0.39 is 22.2 Å². The Labute approximate surface area is 181 Å². The molecular weight excluding hydrogens is 421 g/mol. The van der Waals surface area contributed by atoms with E-state index in [0.29, 0.717) is 37.1 Å². The zero-order valence-corrected chi connectivity index (χ0v) is 18.2. The van der Waals surface area contributed by atoms with Gasteiger partial charge in [0, 0.05) is 13.1 Å². The molecule has 0 unspecified atom stereocenters. The number of halogens is 1. The highest BCUT2D eigenvalue weighted by molar-refractivity contribution is 7.92. The standard InChI is InChI=1S/C22H24FN3O4S/c1-3-16-7-8-17(22(27)30-2)12-21(16)31(28,29)25-19-11-15(13-24)6-9-20(19)26-10-4-5-18(23)14-26/h6-9,11-12,18,25H,3-5,10,14H2,1-2H3/t18-/m1/s1. The van der Waals surface area contributed by atoms with Crippen molar-refractivity contribution in [3.05, 3.63) is 53.1 Å². The maximum Gasteiger partial charge on any atom is 0.337 e. The van der Waals surface area contributed by atoms with Gasteiger partial charge in [-0.15, -0.1) is 0 Å². The van der Waals surface area contributed by atoms with E-state index in [1.807, 2.05) is 13.0 Å². The number of nitrogens with one attached hydrogen (secondary N) is 1. The van der Waals surface area contributed by atoms with Crippen LogP contribution >= 0.6 is 0 Å². The Morgan fingerprint density at radius 2 is 2.10 bits per heavy atom. The van der Waals surface area contributed by atoms with Crippen molar-refractivity contribution in [2.75, 3.05) is 29.8 Å². The highest BCUT2D eigenvalue weighted by Crippen LogP contribution is 2.32. The lowest BCUT2D eigenvalue weighted by Crippen LogP contribution is -2.37. The third-order valence-electron chi connectivity index (χ3n) is 5.23. The number of methoxy groups -OCH3 is 1. The van der Waals surface area contributed by atoms with Gasteiger partial charge < -0.3 is 9.64 Å². The predicted octanol–water partition coefficient (Wildman–Crippen LogP) is 3.65. The number of aryl methyl sites for hydroxylation is 1. The van der Waals surface area contributed by atoms with Crippen molar-refractivity contribution in [2.24, 2.45) is 0 Å². The van der Waals surface area contributed by atoms with E-state index in [0.717, 1.165) is 0 Å². The maximum absolute atomic E-state index is 14.0. The first-order valence-corrected chi connectivity index (χ1v) is 11.4. The number of piperidine rings is 1. The smallest absolute Gasteiger partial charge is 0.337 e. The van der Waals surface area contributed by atoms with Crippen LogP contribution in [0.1, 0.15) is 41.3 Å². The molecule has 164 valence electrons. The molecule has 1 N–H and O–H groups in total. The summed E-state index contributed by atoms with van der Waals surface area (Å²) >= 11 is 0. The molecule has 0 saturated carbocycles. The van der Waals surface area contributed by atoms with Gasteiger partial charge in [-0.05, 0) is 55.2 Å². The van der Waals surface area contributed by atoms with E-state index in [2.05, 4.69) is 4.72 Å². The van der Waals surface area contributed by atoms with Crippen LogP contribution < -0.4 is 9.62 Å². The van der Waals surface area contributed by atoms with Gasteiger partial charge in [-0.2, -0.15) is 5.26 Å². The number of anilines is 2. The second-order valence-corrected chi connectivity index (χ2v) is 8.95. The first-order valence-electron chi connectivity index (χ1n) is 9.96. The molecule has 1 saturated heterocycles. The minimum Gasteiger partial charge on any atom is -0.465 e. The van der Waals surface area contributed by atoms with Gasteiger partial charge in [0.05, 0.1) is 40.6 Å². The Morgan fingerprint density at radius 1 is 1.32 bits per heavy atom. The average Bonchev–Trinajstić information content (AvgIpc) is 2.77. The van der Waals surface area contributed by atoms with Crippen LogP contribution in [0.4, 0.5) is 15.8 Å². The van der Waals surface area contributed by atoms with Crippen LogP contribution in [-0.2, 0) is 21.2 Å². The molecule has 31 heavy (non-hydrogen) atoms. The molecular formula is C22H24FN3O4S. The molecule has 0 radical (unpaired) electrons. The molecule has 1 aliphatic rings. The van der Waals surface area contributed by atoms with E-state index >= 15 is 0 Å². The fraction of sp³-hybridized carbons (Fsp3) is 0.364. The number of nitriles is 1. The highest BCUT2D eigenvalue weighted by atomic mass is 32.2. The Hall–Kier alpha value is -3.12. The second kappa shape index (κ2) is 9.35. The van der Waals surface area contributed by atoms with Crippen LogP contribution in [0.15, 0.2) is 41.3 Å². The number of sulfonamides is 1. The van der Waals surface area contributed by atoms with Gasteiger partial charge >= 0.3 is 5.97 Å². The Kier molecular flexibility index (Phi) is 6.81.